The number of carboxylic acid groups (broad SMARTS) is 1. The summed E-state index contributed by atoms with van der Waals surface area (Å²) in [7, 11) is 1.76. The number of hydrogen-bond donors (Lipinski definition) is 1. The van der Waals surface area contributed by atoms with Gasteiger partial charge in [-0.05, 0) is 24.6 Å². The summed E-state index contributed by atoms with van der Waals surface area (Å²) in [4.78, 5) is 24.2. The van der Waals surface area contributed by atoms with Crippen molar-refractivity contribution in [2.75, 3.05) is 13.6 Å². The number of aromatic carboxylic acids is 1. The van der Waals surface area contributed by atoms with E-state index < -0.39 is 5.97 Å². The Labute approximate surface area is 114 Å². The number of carbonyl (C=O) groups excluding carboxylic acids is 1. The van der Waals surface area contributed by atoms with Crippen molar-refractivity contribution in [3.63, 3.8) is 0 Å². The van der Waals surface area contributed by atoms with Gasteiger partial charge in [0.05, 0.1) is 17.1 Å². The van der Waals surface area contributed by atoms with E-state index in [1.54, 1.807) is 28.8 Å². The zero-order valence-corrected chi connectivity index (χ0v) is 11.0. The van der Waals surface area contributed by atoms with Crippen molar-refractivity contribution in [1.82, 2.24) is 19.9 Å². The van der Waals surface area contributed by atoms with Crippen molar-refractivity contribution in [3.05, 3.63) is 23.8 Å². The van der Waals surface area contributed by atoms with Crippen LogP contribution in [0, 0.1) is 0 Å². The molecule has 0 saturated carbocycles. The lowest BCUT2D eigenvalue weighted by Gasteiger charge is -2.29. The van der Waals surface area contributed by atoms with Crippen molar-refractivity contribution in [1.29, 1.82) is 0 Å². The summed E-state index contributed by atoms with van der Waals surface area (Å²) in [5.74, 6) is -0.854. The molecule has 2 heterocycles. The highest BCUT2D eigenvalue weighted by Gasteiger charge is 2.26. The lowest BCUT2D eigenvalue weighted by Crippen LogP contribution is -2.38. The molecule has 20 heavy (non-hydrogen) atoms. The second kappa shape index (κ2) is 4.59. The third-order valence-electron chi connectivity index (χ3n) is 3.67. The van der Waals surface area contributed by atoms with E-state index in [1.807, 2.05) is 0 Å². The molecule has 2 aromatic rings. The van der Waals surface area contributed by atoms with Gasteiger partial charge in [-0.15, -0.1) is 5.10 Å². The van der Waals surface area contributed by atoms with Crippen LogP contribution in [0.3, 0.4) is 0 Å². The third kappa shape index (κ3) is 2.01. The number of amides is 1. The molecule has 1 aliphatic heterocycles. The van der Waals surface area contributed by atoms with Gasteiger partial charge in [-0.1, -0.05) is 5.21 Å². The summed E-state index contributed by atoms with van der Waals surface area (Å²) in [5.41, 5.74) is 1.56. The molecule has 0 radical (unpaired) electrons. The van der Waals surface area contributed by atoms with E-state index >= 15 is 0 Å². The van der Waals surface area contributed by atoms with Crippen LogP contribution in [0.2, 0.25) is 0 Å². The zero-order chi connectivity index (χ0) is 14.3. The number of carboxylic acids is 1. The fourth-order valence-corrected chi connectivity index (χ4v) is 2.53. The minimum atomic E-state index is -0.976. The number of carbonyl (C=O) groups is 2. The minimum Gasteiger partial charge on any atom is -0.478 e. The molecule has 1 atom stereocenters. The lowest BCUT2D eigenvalue weighted by atomic mass is 10.1. The molecular formula is C13H14N4O3. The number of likely N-dealkylation sites (N-methyl/N-ethyl adjacent to an activating group) is 1. The van der Waals surface area contributed by atoms with Crippen molar-refractivity contribution >= 4 is 22.9 Å². The molecule has 1 fully saturated rings. The van der Waals surface area contributed by atoms with Crippen LogP contribution in [0.15, 0.2) is 18.2 Å². The molecule has 7 nitrogen and oxygen atoms in total. The zero-order valence-electron chi connectivity index (χ0n) is 11.0. The van der Waals surface area contributed by atoms with E-state index in [4.69, 9.17) is 5.11 Å². The maximum atomic E-state index is 11.5. The van der Waals surface area contributed by atoms with E-state index in [1.165, 1.54) is 6.07 Å². The van der Waals surface area contributed by atoms with Crippen LogP contribution in [0.25, 0.3) is 11.0 Å². The van der Waals surface area contributed by atoms with Gasteiger partial charge in [-0.2, -0.15) is 0 Å². The Kier molecular flexibility index (Phi) is 2.89. The third-order valence-corrected chi connectivity index (χ3v) is 3.67. The van der Waals surface area contributed by atoms with Gasteiger partial charge in [-0.25, -0.2) is 9.48 Å². The highest BCUT2D eigenvalue weighted by atomic mass is 16.4. The highest BCUT2D eigenvalue weighted by Crippen LogP contribution is 2.24. The van der Waals surface area contributed by atoms with Crippen LogP contribution in [-0.2, 0) is 4.79 Å². The quantitative estimate of drug-likeness (QED) is 0.879. The van der Waals surface area contributed by atoms with E-state index in [0.29, 0.717) is 30.4 Å². The Hall–Kier alpha value is -2.44. The number of hydrogen-bond acceptors (Lipinski definition) is 4. The molecule has 0 spiro atoms. The Morgan fingerprint density at radius 1 is 1.45 bits per heavy atom. The number of aromatic nitrogens is 3. The summed E-state index contributed by atoms with van der Waals surface area (Å²) >= 11 is 0. The van der Waals surface area contributed by atoms with E-state index in [2.05, 4.69) is 10.3 Å². The van der Waals surface area contributed by atoms with Gasteiger partial charge >= 0.3 is 5.97 Å². The molecule has 3 rings (SSSR count). The molecule has 1 aromatic heterocycles. The number of nitrogens with zero attached hydrogens (tertiary/aromatic N) is 4. The van der Waals surface area contributed by atoms with E-state index in [-0.39, 0.29) is 17.5 Å². The van der Waals surface area contributed by atoms with Gasteiger partial charge < -0.3 is 10.0 Å². The van der Waals surface area contributed by atoms with Gasteiger partial charge in [0.25, 0.3) is 0 Å². The smallest absolute Gasteiger partial charge is 0.335 e. The Morgan fingerprint density at radius 2 is 2.25 bits per heavy atom. The fraction of sp³-hybridized carbons (Fsp3) is 0.385. The van der Waals surface area contributed by atoms with Crippen LogP contribution >= 0.6 is 0 Å². The average molecular weight is 274 g/mol. The summed E-state index contributed by atoms with van der Waals surface area (Å²) in [6.07, 6.45) is 1.17. The Balaban J connectivity index is 2.01. The topological polar surface area (TPSA) is 88.3 Å². The van der Waals surface area contributed by atoms with Gasteiger partial charge in [0, 0.05) is 20.0 Å². The fourth-order valence-electron chi connectivity index (χ4n) is 2.53. The molecule has 1 aliphatic rings. The number of fused-ring (bicyclic) bond motifs is 1. The van der Waals surface area contributed by atoms with Crippen molar-refractivity contribution < 1.29 is 14.7 Å². The second-order valence-electron chi connectivity index (χ2n) is 5.01. The first kappa shape index (κ1) is 12.6. The van der Waals surface area contributed by atoms with Crippen molar-refractivity contribution in [2.24, 2.45) is 0 Å². The van der Waals surface area contributed by atoms with Gasteiger partial charge in [0.1, 0.15) is 5.52 Å². The Bertz CT molecular complexity index is 694. The number of benzene rings is 1. The number of likely N-dealkylation sites (tertiary alicyclic amines) is 1. The van der Waals surface area contributed by atoms with Crippen molar-refractivity contribution in [3.8, 4) is 0 Å². The van der Waals surface area contributed by atoms with E-state index in [0.717, 1.165) is 0 Å². The lowest BCUT2D eigenvalue weighted by molar-refractivity contribution is -0.133. The molecule has 0 bridgehead atoms. The van der Waals surface area contributed by atoms with Crippen LogP contribution in [0.4, 0.5) is 0 Å². The predicted octanol–water partition coefficient (Wildman–Crippen LogP) is 0.923. The molecule has 1 amide bonds. The normalized spacial score (nSPS) is 19.6. The van der Waals surface area contributed by atoms with Gasteiger partial charge in [-0.3, -0.25) is 4.79 Å². The van der Waals surface area contributed by atoms with Crippen LogP contribution in [0.5, 0.6) is 0 Å². The van der Waals surface area contributed by atoms with E-state index in [9.17, 15) is 9.59 Å². The summed E-state index contributed by atoms with van der Waals surface area (Å²) in [5, 5.41) is 17.2. The summed E-state index contributed by atoms with van der Waals surface area (Å²) < 4.78 is 1.73. The standard InChI is InChI=1S/C13H14N4O3/c1-16-7-9(3-5-12(16)18)17-11-6-8(13(19)20)2-4-10(11)14-15-17/h2,4,6,9H,3,5,7H2,1H3,(H,19,20). The highest BCUT2D eigenvalue weighted by molar-refractivity contribution is 5.92. The monoisotopic (exact) mass is 274 g/mol. The maximum Gasteiger partial charge on any atom is 0.335 e. The average Bonchev–Trinajstić information content (AvgIpc) is 2.84. The first-order valence-electron chi connectivity index (χ1n) is 6.38. The molecule has 0 aliphatic carbocycles. The molecule has 1 saturated heterocycles. The SMILES string of the molecule is CN1CC(n2nnc3ccc(C(=O)O)cc32)CCC1=O. The first-order chi connectivity index (χ1) is 9.56. The minimum absolute atomic E-state index is 0.0340. The van der Waals surface area contributed by atoms with Crippen LogP contribution in [-0.4, -0.2) is 50.5 Å². The van der Waals surface area contributed by atoms with Crippen LogP contribution in [0.1, 0.15) is 29.2 Å². The molecule has 1 unspecified atom stereocenters. The predicted molar refractivity (Wildman–Crippen MR) is 70.4 cm³/mol. The second-order valence-corrected chi connectivity index (χ2v) is 5.01. The number of rotatable bonds is 2. The van der Waals surface area contributed by atoms with Gasteiger partial charge in [0.15, 0.2) is 0 Å². The number of piperidine rings is 1. The van der Waals surface area contributed by atoms with Gasteiger partial charge in [0.2, 0.25) is 5.91 Å². The summed E-state index contributed by atoms with van der Waals surface area (Å²) in [6, 6.07) is 4.78. The molecular weight excluding hydrogens is 260 g/mol. The molecule has 104 valence electrons. The molecule has 7 heteroatoms. The maximum absolute atomic E-state index is 11.5. The molecule has 1 N–H and O–H groups in total. The first-order valence-corrected chi connectivity index (χ1v) is 6.38. The summed E-state index contributed by atoms with van der Waals surface area (Å²) in [6.45, 7) is 0.564. The largest absolute Gasteiger partial charge is 0.478 e. The van der Waals surface area contributed by atoms with Crippen molar-refractivity contribution in [2.45, 2.75) is 18.9 Å². The van der Waals surface area contributed by atoms with Crippen LogP contribution < -0.4 is 0 Å². The molecule has 1 aromatic carbocycles. The Morgan fingerprint density at radius 3 is 2.95 bits per heavy atom.